The number of fused-ring (bicyclic) bond motifs is 1. The first-order valence-corrected chi connectivity index (χ1v) is 5.98. The molecule has 0 bridgehead atoms. The zero-order valence-electron chi connectivity index (χ0n) is 9.41. The van der Waals surface area contributed by atoms with Crippen molar-refractivity contribution in [3.63, 3.8) is 0 Å². The van der Waals surface area contributed by atoms with Gasteiger partial charge in [-0.15, -0.1) is 0 Å². The maximum Gasteiger partial charge on any atom is 0.148 e. The Morgan fingerprint density at radius 1 is 1.38 bits per heavy atom. The Kier molecular flexibility index (Phi) is 2.57. The largest absolute Gasteiger partial charge is 0.382 e. The van der Waals surface area contributed by atoms with Gasteiger partial charge in [0.15, 0.2) is 0 Å². The van der Waals surface area contributed by atoms with Gasteiger partial charge in [-0.1, -0.05) is 0 Å². The lowest BCUT2D eigenvalue weighted by atomic mass is 10.0. The number of ether oxygens (including phenoxy) is 1. The highest BCUT2D eigenvalue weighted by Crippen LogP contribution is 2.25. The van der Waals surface area contributed by atoms with Crippen molar-refractivity contribution >= 4 is 5.82 Å². The van der Waals surface area contributed by atoms with Gasteiger partial charge in [0.25, 0.3) is 0 Å². The summed E-state index contributed by atoms with van der Waals surface area (Å²) in [7, 11) is 0. The fourth-order valence-electron chi connectivity index (χ4n) is 2.73. The second-order valence-electron chi connectivity index (χ2n) is 4.63. The molecule has 5 nitrogen and oxygen atoms in total. The molecule has 1 aromatic rings. The van der Waals surface area contributed by atoms with Crippen LogP contribution in [0.3, 0.4) is 0 Å². The molecule has 1 aromatic heterocycles. The smallest absolute Gasteiger partial charge is 0.148 e. The predicted octanol–water partition coefficient (Wildman–Crippen LogP) is 0.529. The summed E-state index contributed by atoms with van der Waals surface area (Å²) in [5.41, 5.74) is 8.23. The number of nitrogens with one attached hydrogen (secondary N) is 1. The number of aromatic nitrogens is 2. The standard InChI is InChI=1S/C11H18N4O/c12-11-9-1-4-15(7-10(9)13-14-11)8-2-5-16-6-3-8/h8H,1-7H2,(H3,12,13,14). The van der Waals surface area contributed by atoms with Gasteiger partial charge in [-0.05, 0) is 19.3 Å². The molecule has 2 aliphatic rings. The van der Waals surface area contributed by atoms with Crippen LogP contribution >= 0.6 is 0 Å². The fourth-order valence-corrected chi connectivity index (χ4v) is 2.73. The van der Waals surface area contributed by atoms with Crippen LogP contribution < -0.4 is 5.73 Å². The molecule has 0 aliphatic carbocycles. The Morgan fingerprint density at radius 2 is 2.19 bits per heavy atom. The van der Waals surface area contributed by atoms with Crippen molar-refractivity contribution in [1.82, 2.24) is 15.1 Å². The third kappa shape index (κ3) is 1.70. The zero-order valence-corrected chi connectivity index (χ0v) is 9.41. The highest BCUT2D eigenvalue weighted by molar-refractivity contribution is 5.43. The molecule has 0 amide bonds. The quantitative estimate of drug-likeness (QED) is 0.727. The molecule has 2 aliphatic heterocycles. The van der Waals surface area contributed by atoms with E-state index < -0.39 is 0 Å². The molecule has 0 atom stereocenters. The van der Waals surface area contributed by atoms with Crippen molar-refractivity contribution < 1.29 is 4.74 Å². The average molecular weight is 222 g/mol. The minimum Gasteiger partial charge on any atom is -0.382 e. The third-order valence-corrected chi connectivity index (χ3v) is 3.70. The van der Waals surface area contributed by atoms with E-state index in [1.165, 1.54) is 11.3 Å². The number of nitrogens with two attached hydrogens (primary N) is 1. The minimum atomic E-state index is 0.673. The van der Waals surface area contributed by atoms with Crippen LogP contribution in [0.2, 0.25) is 0 Å². The monoisotopic (exact) mass is 222 g/mol. The summed E-state index contributed by atoms with van der Waals surface area (Å²) in [4.78, 5) is 2.53. The Balaban J connectivity index is 1.72. The van der Waals surface area contributed by atoms with Crippen molar-refractivity contribution in [3.05, 3.63) is 11.3 Å². The Labute approximate surface area is 94.9 Å². The summed E-state index contributed by atoms with van der Waals surface area (Å²) in [5.74, 6) is 0.682. The molecule has 0 saturated carbocycles. The summed E-state index contributed by atoms with van der Waals surface area (Å²) < 4.78 is 5.40. The van der Waals surface area contributed by atoms with Crippen LogP contribution in [0.1, 0.15) is 24.1 Å². The highest BCUT2D eigenvalue weighted by Gasteiger charge is 2.27. The van der Waals surface area contributed by atoms with E-state index in [0.29, 0.717) is 11.9 Å². The van der Waals surface area contributed by atoms with Crippen molar-refractivity contribution in [3.8, 4) is 0 Å². The molecule has 0 unspecified atom stereocenters. The first-order valence-electron chi connectivity index (χ1n) is 5.98. The molecule has 88 valence electrons. The van der Waals surface area contributed by atoms with Crippen LogP contribution in [0.15, 0.2) is 0 Å². The van der Waals surface area contributed by atoms with Crippen molar-refractivity contribution in [1.29, 1.82) is 0 Å². The van der Waals surface area contributed by atoms with E-state index >= 15 is 0 Å². The van der Waals surface area contributed by atoms with E-state index in [9.17, 15) is 0 Å². The topological polar surface area (TPSA) is 67.2 Å². The average Bonchev–Trinajstić information content (AvgIpc) is 2.72. The van der Waals surface area contributed by atoms with Gasteiger partial charge in [0, 0.05) is 37.9 Å². The highest BCUT2D eigenvalue weighted by atomic mass is 16.5. The normalized spacial score (nSPS) is 23.2. The first-order chi connectivity index (χ1) is 7.84. The van der Waals surface area contributed by atoms with E-state index in [0.717, 1.165) is 45.6 Å². The number of nitrogens with zero attached hydrogens (tertiary/aromatic N) is 2. The van der Waals surface area contributed by atoms with E-state index in [1.807, 2.05) is 0 Å². The van der Waals surface area contributed by atoms with Gasteiger partial charge in [0.05, 0.1) is 5.69 Å². The lowest BCUT2D eigenvalue weighted by Gasteiger charge is -2.36. The molecule has 0 spiro atoms. The van der Waals surface area contributed by atoms with Crippen LogP contribution in [0.5, 0.6) is 0 Å². The Morgan fingerprint density at radius 3 is 3.00 bits per heavy atom. The van der Waals surface area contributed by atoms with E-state index in [-0.39, 0.29) is 0 Å². The predicted molar refractivity (Wildman–Crippen MR) is 61.0 cm³/mol. The van der Waals surface area contributed by atoms with Crippen molar-refractivity contribution in [2.45, 2.75) is 31.8 Å². The third-order valence-electron chi connectivity index (χ3n) is 3.70. The first kappa shape index (κ1) is 10.1. The van der Waals surface area contributed by atoms with Crippen LogP contribution in [0.25, 0.3) is 0 Å². The SMILES string of the molecule is Nc1n[nH]c2c1CCN(C1CCOCC1)C2. The lowest BCUT2D eigenvalue weighted by molar-refractivity contribution is 0.0286. The molecule has 0 radical (unpaired) electrons. The Bertz CT molecular complexity index is 370. The van der Waals surface area contributed by atoms with Crippen molar-refractivity contribution in [2.75, 3.05) is 25.5 Å². The molecular formula is C11H18N4O. The van der Waals surface area contributed by atoms with E-state index in [2.05, 4.69) is 15.1 Å². The summed E-state index contributed by atoms with van der Waals surface area (Å²) >= 11 is 0. The number of hydrogen-bond donors (Lipinski definition) is 2. The molecule has 3 N–H and O–H groups in total. The zero-order chi connectivity index (χ0) is 11.0. The number of anilines is 1. The number of H-pyrrole nitrogens is 1. The Hall–Kier alpha value is -1.07. The van der Waals surface area contributed by atoms with Gasteiger partial charge in [-0.3, -0.25) is 10.00 Å². The van der Waals surface area contributed by atoms with Gasteiger partial charge < -0.3 is 10.5 Å². The van der Waals surface area contributed by atoms with Gasteiger partial charge in [-0.25, -0.2) is 0 Å². The number of rotatable bonds is 1. The number of nitrogen functional groups attached to an aromatic ring is 1. The van der Waals surface area contributed by atoms with Crippen molar-refractivity contribution in [2.24, 2.45) is 0 Å². The number of hydrogen-bond acceptors (Lipinski definition) is 4. The maximum absolute atomic E-state index is 5.80. The molecule has 5 heteroatoms. The van der Waals surface area contributed by atoms with Crippen LogP contribution in [-0.4, -0.2) is 40.9 Å². The summed E-state index contributed by atoms with van der Waals surface area (Å²) in [6.45, 7) is 3.86. The molecule has 16 heavy (non-hydrogen) atoms. The van der Waals surface area contributed by atoms with E-state index in [1.54, 1.807) is 0 Å². The fraction of sp³-hybridized carbons (Fsp3) is 0.727. The lowest BCUT2D eigenvalue weighted by Crippen LogP contribution is -2.42. The molecular weight excluding hydrogens is 204 g/mol. The van der Waals surface area contributed by atoms with Gasteiger partial charge in [0.1, 0.15) is 5.82 Å². The van der Waals surface area contributed by atoms with Crippen LogP contribution in [0.4, 0.5) is 5.82 Å². The van der Waals surface area contributed by atoms with E-state index in [4.69, 9.17) is 10.5 Å². The summed E-state index contributed by atoms with van der Waals surface area (Å²) in [5, 5.41) is 7.13. The minimum absolute atomic E-state index is 0.673. The molecule has 1 saturated heterocycles. The maximum atomic E-state index is 5.80. The molecule has 3 rings (SSSR count). The molecule has 3 heterocycles. The van der Waals surface area contributed by atoms with Gasteiger partial charge in [-0.2, -0.15) is 5.10 Å². The second kappa shape index (κ2) is 4.07. The number of aromatic amines is 1. The second-order valence-corrected chi connectivity index (χ2v) is 4.63. The van der Waals surface area contributed by atoms with Gasteiger partial charge >= 0.3 is 0 Å². The molecule has 0 aromatic carbocycles. The van der Waals surface area contributed by atoms with Crippen LogP contribution in [0, 0.1) is 0 Å². The summed E-state index contributed by atoms with van der Waals surface area (Å²) in [6.07, 6.45) is 3.33. The summed E-state index contributed by atoms with van der Waals surface area (Å²) in [6, 6.07) is 0.673. The molecule has 1 fully saturated rings. The van der Waals surface area contributed by atoms with Crippen LogP contribution in [-0.2, 0) is 17.7 Å². The van der Waals surface area contributed by atoms with Gasteiger partial charge in [0.2, 0.25) is 0 Å².